The van der Waals surface area contributed by atoms with Crippen molar-refractivity contribution >= 4 is 46.7 Å². The third-order valence-corrected chi connectivity index (χ3v) is 4.03. The zero-order chi connectivity index (χ0) is 15.0. The molecule has 5 nitrogen and oxygen atoms in total. The van der Waals surface area contributed by atoms with Crippen molar-refractivity contribution in [3.8, 4) is 0 Å². The number of carbonyl (C=O) groups is 2. The van der Waals surface area contributed by atoms with Crippen molar-refractivity contribution in [2.45, 2.75) is 19.4 Å². The smallest absolute Gasteiger partial charge is 0.329 e. The van der Waals surface area contributed by atoms with Crippen LogP contribution in [0.1, 0.15) is 24.3 Å². The lowest BCUT2D eigenvalue weighted by molar-refractivity contribution is -0.147. The van der Waals surface area contributed by atoms with Crippen molar-refractivity contribution < 1.29 is 14.7 Å². The van der Waals surface area contributed by atoms with E-state index in [-0.39, 0.29) is 20.8 Å². The first-order valence-corrected chi connectivity index (χ1v) is 6.25. The molecule has 0 spiro atoms. The van der Waals surface area contributed by atoms with Crippen molar-refractivity contribution in [1.82, 2.24) is 9.88 Å². The summed E-state index contributed by atoms with van der Waals surface area (Å²) in [4.78, 5) is 28.1. The maximum absolute atomic E-state index is 12.2. The van der Waals surface area contributed by atoms with Crippen molar-refractivity contribution in [2.75, 3.05) is 7.05 Å². The number of hydrogen-bond donors (Lipinski definition) is 1. The van der Waals surface area contributed by atoms with Crippen LogP contribution in [-0.2, 0) is 4.79 Å². The fourth-order valence-electron chi connectivity index (χ4n) is 1.15. The summed E-state index contributed by atoms with van der Waals surface area (Å²) in [7, 11) is 1.34. The van der Waals surface area contributed by atoms with E-state index in [9.17, 15) is 9.59 Å². The SMILES string of the molecule is CN(C(=O)c1ncc(Cl)c(Cl)c1Cl)C(C)(C)C(=O)O. The van der Waals surface area contributed by atoms with Gasteiger partial charge in [-0.1, -0.05) is 34.8 Å². The number of rotatable bonds is 3. The third-order valence-electron chi connectivity index (χ3n) is 2.79. The summed E-state index contributed by atoms with van der Waals surface area (Å²) in [5, 5.41) is 9.09. The third kappa shape index (κ3) is 2.94. The Labute approximate surface area is 125 Å². The lowest BCUT2D eigenvalue weighted by Crippen LogP contribution is -2.51. The molecule has 1 rings (SSSR count). The number of aliphatic carboxylic acids is 1. The molecular weight excluding hydrogens is 314 g/mol. The average molecular weight is 326 g/mol. The van der Waals surface area contributed by atoms with Crippen LogP contribution in [0.4, 0.5) is 0 Å². The van der Waals surface area contributed by atoms with Crippen LogP contribution in [0, 0.1) is 0 Å². The quantitative estimate of drug-likeness (QED) is 0.927. The molecule has 0 aliphatic carbocycles. The average Bonchev–Trinajstić information content (AvgIpc) is 2.34. The molecule has 1 aromatic rings. The maximum Gasteiger partial charge on any atom is 0.329 e. The van der Waals surface area contributed by atoms with Gasteiger partial charge in [0.05, 0.1) is 15.1 Å². The molecule has 19 heavy (non-hydrogen) atoms. The summed E-state index contributed by atoms with van der Waals surface area (Å²) in [6.45, 7) is 2.78. The molecule has 1 heterocycles. The minimum absolute atomic E-state index is 0.00298. The normalized spacial score (nSPS) is 11.3. The fourth-order valence-corrected chi connectivity index (χ4v) is 1.71. The highest BCUT2D eigenvalue weighted by Crippen LogP contribution is 2.32. The Morgan fingerprint density at radius 3 is 2.26 bits per heavy atom. The summed E-state index contributed by atoms with van der Waals surface area (Å²) in [5.41, 5.74) is -1.55. The second-order valence-corrected chi connectivity index (χ2v) is 5.47. The number of carboxylic acid groups (broad SMARTS) is 1. The first-order valence-electron chi connectivity index (χ1n) is 5.11. The van der Waals surface area contributed by atoms with Gasteiger partial charge < -0.3 is 10.0 Å². The zero-order valence-electron chi connectivity index (χ0n) is 10.4. The van der Waals surface area contributed by atoms with E-state index in [1.807, 2.05) is 0 Å². The molecule has 0 atom stereocenters. The summed E-state index contributed by atoms with van der Waals surface area (Å²) in [6.07, 6.45) is 1.19. The Balaban J connectivity index is 3.22. The minimum Gasteiger partial charge on any atom is -0.480 e. The molecule has 0 radical (unpaired) electrons. The molecule has 1 amide bonds. The van der Waals surface area contributed by atoms with Crippen LogP contribution in [0.3, 0.4) is 0 Å². The van der Waals surface area contributed by atoms with Crippen molar-refractivity contribution in [2.24, 2.45) is 0 Å². The predicted octanol–water partition coefficient (Wildman–Crippen LogP) is 2.98. The van der Waals surface area contributed by atoms with Crippen LogP contribution in [0.15, 0.2) is 6.20 Å². The summed E-state index contributed by atoms with van der Waals surface area (Å²) >= 11 is 17.4. The number of amides is 1. The number of carbonyl (C=O) groups excluding carboxylic acids is 1. The van der Waals surface area contributed by atoms with Gasteiger partial charge in [0.2, 0.25) is 0 Å². The van der Waals surface area contributed by atoms with Crippen molar-refractivity contribution in [3.05, 3.63) is 27.0 Å². The Hall–Kier alpha value is -1.04. The molecule has 1 aromatic heterocycles. The highest BCUT2D eigenvalue weighted by atomic mass is 35.5. The zero-order valence-corrected chi connectivity index (χ0v) is 12.6. The van der Waals surface area contributed by atoms with Crippen LogP contribution in [0.5, 0.6) is 0 Å². The Bertz CT molecular complexity index is 546. The van der Waals surface area contributed by atoms with Crippen molar-refractivity contribution in [1.29, 1.82) is 0 Å². The molecule has 0 aliphatic heterocycles. The number of halogens is 3. The van der Waals surface area contributed by atoms with E-state index in [2.05, 4.69) is 4.98 Å². The monoisotopic (exact) mass is 324 g/mol. The van der Waals surface area contributed by atoms with E-state index in [1.54, 1.807) is 0 Å². The highest BCUT2D eigenvalue weighted by Gasteiger charge is 2.37. The van der Waals surface area contributed by atoms with Gasteiger partial charge >= 0.3 is 5.97 Å². The van der Waals surface area contributed by atoms with Gasteiger partial charge in [0.15, 0.2) is 0 Å². The fraction of sp³-hybridized carbons (Fsp3) is 0.364. The molecule has 0 aromatic carbocycles. The number of nitrogens with zero attached hydrogens (tertiary/aromatic N) is 2. The number of aromatic nitrogens is 1. The van der Waals surface area contributed by atoms with Gasteiger partial charge in [-0.2, -0.15) is 0 Å². The molecule has 1 N–H and O–H groups in total. The van der Waals surface area contributed by atoms with Gasteiger partial charge in [-0.05, 0) is 13.8 Å². The second kappa shape index (κ2) is 5.53. The highest BCUT2D eigenvalue weighted by molar-refractivity contribution is 6.48. The molecule has 0 fully saturated rings. The standard InChI is InChI=1S/C11H11Cl3N2O3/c1-11(2,10(18)19)16(3)9(17)8-7(14)6(13)5(12)4-15-8/h4H,1-3H3,(H,18,19). The number of carboxylic acids is 1. The molecule has 0 bridgehead atoms. The topological polar surface area (TPSA) is 70.5 Å². The molecule has 104 valence electrons. The van der Waals surface area contributed by atoms with E-state index in [4.69, 9.17) is 39.9 Å². The lowest BCUT2D eigenvalue weighted by Gasteiger charge is -2.31. The Morgan fingerprint density at radius 1 is 1.26 bits per heavy atom. The van der Waals surface area contributed by atoms with Gasteiger partial charge in [0.1, 0.15) is 11.2 Å². The lowest BCUT2D eigenvalue weighted by atomic mass is 10.0. The van der Waals surface area contributed by atoms with Crippen LogP contribution < -0.4 is 0 Å². The first-order chi connectivity index (χ1) is 8.60. The predicted molar refractivity (Wildman–Crippen MR) is 73.1 cm³/mol. The molecule has 0 unspecified atom stereocenters. The Kier molecular flexibility index (Phi) is 4.66. The largest absolute Gasteiger partial charge is 0.480 e. The van der Waals surface area contributed by atoms with Crippen LogP contribution in [-0.4, -0.2) is 39.5 Å². The minimum atomic E-state index is -1.41. The molecule has 8 heteroatoms. The van der Waals surface area contributed by atoms with E-state index in [0.29, 0.717) is 0 Å². The van der Waals surface area contributed by atoms with Gasteiger partial charge in [0, 0.05) is 13.2 Å². The number of likely N-dealkylation sites (N-methyl/N-ethyl adjacent to an activating group) is 1. The summed E-state index contributed by atoms with van der Waals surface area (Å²) in [5.74, 6) is -1.81. The molecule has 0 aliphatic rings. The van der Waals surface area contributed by atoms with E-state index in [0.717, 1.165) is 4.90 Å². The molecule has 0 saturated heterocycles. The van der Waals surface area contributed by atoms with Gasteiger partial charge in [-0.15, -0.1) is 0 Å². The summed E-state index contributed by atoms with van der Waals surface area (Å²) in [6, 6.07) is 0. The first kappa shape index (κ1) is 16.0. The molecule has 0 saturated carbocycles. The van der Waals surface area contributed by atoms with Crippen molar-refractivity contribution in [3.63, 3.8) is 0 Å². The molecular formula is C11H11Cl3N2O3. The summed E-state index contributed by atoms with van der Waals surface area (Å²) < 4.78 is 0. The van der Waals surface area contributed by atoms with Gasteiger partial charge in [-0.3, -0.25) is 4.79 Å². The number of pyridine rings is 1. The van der Waals surface area contributed by atoms with E-state index in [1.165, 1.54) is 27.1 Å². The number of hydrogen-bond acceptors (Lipinski definition) is 3. The van der Waals surface area contributed by atoms with E-state index < -0.39 is 17.4 Å². The van der Waals surface area contributed by atoms with Crippen LogP contribution in [0.2, 0.25) is 15.1 Å². The van der Waals surface area contributed by atoms with Crippen LogP contribution in [0.25, 0.3) is 0 Å². The second-order valence-electron chi connectivity index (χ2n) is 4.31. The Morgan fingerprint density at radius 2 is 1.79 bits per heavy atom. The van der Waals surface area contributed by atoms with Crippen LogP contribution >= 0.6 is 34.8 Å². The van der Waals surface area contributed by atoms with E-state index >= 15 is 0 Å². The maximum atomic E-state index is 12.2. The van der Waals surface area contributed by atoms with Gasteiger partial charge in [-0.25, -0.2) is 9.78 Å². The van der Waals surface area contributed by atoms with Gasteiger partial charge in [0.25, 0.3) is 5.91 Å².